The van der Waals surface area contributed by atoms with Crippen molar-refractivity contribution in [3.8, 4) is 0 Å². The van der Waals surface area contributed by atoms with Crippen molar-refractivity contribution >= 4 is 35.2 Å². The Morgan fingerprint density at radius 1 is 1.41 bits per heavy atom. The Labute approximate surface area is 157 Å². The fourth-order valence-electron chi connectivity index (χ4n) is 3.20. The minimum absolute atomic E-state index is 0.0513. The van der Waals surface area contributed by atoms with E-state index in [9.17, 15) is 27.6 Å². The van der Waals surface area contributed by atoms with Crippen molar-refractivity contribution in [2.24, 2.45) is 0 Å². The predicted molar refractivity (Wildman–Crippen MR) is 91.8 cm³/mol. The van der Waals surface area contributed by atoms with Crippen molar-refractivity contribution in [1.82, 2.24) is 4.90 Å². The quantitative estimate of drug-likeness (QED) is 0.784. The Morgan fingerprint density at radius 3 is 2.85 bits per heavy atom. The minimum Gasteiger partial charge on any atom is -0.454 e. The van der Waals surface area contributed by atoms with E-state index in [-0.39, 0.29) is 11.6 Å². The van der Waals surface area contributed by atoms with Gasteiger partial charge in [0.25, 0.3) is 5.91 Å². The Hall–Kier alpha value is -2.23. The first kappa shape index (κ1) is 19.5. The fraction of sp³-hybridized carbons (Fsp3) is 0.471. The molecular weight excluding hydrogens is 385 g/mol. The summed E-state index contributed by atoms with van der Waals surface area (Å²) in [6, 6.07) is 3.40. The van der Waals surface area contributed by atoms with Crippen LogP contribution in [-0.4, -0.2) is 46.0 Å². The summed E-state index contributed by atoms with van der Waals surface area (Å²) in [6.07, 6.45) is -3.51. The molecule has 0 bridgehead atoms. The van der Waals surface area contributed by atoms with Crippen LogP contribution in [0.5, 0.6) is 0 Å². The zero-order chi connectivity index (χ0) is 19.8. The van der Waals surface area contributed by atoms with Crippen LogP contribution in [0.25, 0.3) is 0 Å². The molecule has 1 N–H and O–H groups in total. The number of rotatable bonds is 4. The number of alkyl halides is 3. The van der Waals surface area contributed by atoms with Gasteiger partial charge in [-0.05, 0) is 31.5 Å². The summed E-state index contributed by atoms with van der Waals surface area (Å²) in [7, 11) is 0. The molecule has 10 heteroatoms. The molecule has 2 saturated heterocycles. The van der Waals surface area contributed by atoms with E-state index in [0.29, 0.717) is 18.6 Å². The van der Waals surface area contributed by atoms with Crippen molar-refractivity contribution < 1.29 is 32.3 Å². The van der Waals surface area contributed by atoms with Gasteiger partial charge in [0.2, 0.25) is 5.91 Å². The van der Waals surface area contributed by atoms with Gasteiger partial charge in [-0.3, -0.25) is 9.59 Å². The number of nitrogens with one attached hydrogen (secondary N) is 1. The Bertz CT molecular complexity index is 786. The zero-order valence-corrected chi connectivity index (χ0v) is 15.2. The summed E-state index contributed by atoms with van der Waals surface area (Å²) >= 11 is 1.49. The summed E-state index contributed by atoms with van der Waals surface area (Å²) in [6.45, 7) is 1.24. The van der Waals surface area contributed by atoms with Gasteiger partial charge in [0, 0.05) is 17.9 Å². The number of benzene rings is 1. The van der Waals surface area contributed by atoms with Crippen LogP contribution < -0.4 is 5.32 Å². The SMILES string of the molecule is C[C@@]12CCC(=O)N1[C@H](C(=O)OCC(=O)Nc1cccc(C(F)(F)F)c1)CS2. The van der Waals surface area contributed by atoms with Gasteiger partial charge in [0.05, 0.1) is 10.4 Å². The number of hydrogen-bond acceptors (Lipinski definition) is 5. The number of ether oxygens (including phenoxy) is 1. The van der Waals surface area contributed by atoms with Crippen molar-refractivity contribution in [3.63, 3.8) is 0 Å². The van der Waals surface area contributed by atoms with Crippen LogP contribution in [0, 0.1) is 0 Å². The fourth-order valence-corrected chi connectivity index (χ4v) is 4.62. The normalized spacial score (nSPS) is 24.7. The molecule has 0 saturated carbocycles. The molecule has 2 amide bonds. The number of halogens is 3. The second-order valence-electron chi connectivity index (χ2n) is 6.50. The highest BCUT2D eigenvalue weighted by Gasteiger charge is 2.53. The summed E-state index contributed by atoms with van der Waals surface area (Å²) in [5.74, 6) is -1.20. The van der Waals surface area contributed by atoms with E-state index in [2.05, 4.69) is 5.32 Å². The van der Waals surface area contributed by atoms with Crippen molar-refractivity contribution in [2.75, 3.05) is 17.7 Å². The average molecular weight is 402 g/mol. The van der Waals surface area contributed by atoms with Crippen LogP contribution in [0.4, 0.5) is 18.9 Å². The maximum Gasteiger partial charge on any atom is 0.416 e. The van der Waals surface area contributed by atoms with Crippen molar-refractivity contribution in [3.05, 3.63) is 29.8 Å². The molecule has 2 aliphatic rings. The first-order valence-electron chi connectivity index (χ1n) is 8.20. The average Bonchev–Trinajstić information content (AvgIpc) is 3.08. The standard InChI is InChI=1S/C17H17F3N2O4S/c1-16-6-5-14(24)22(16)12(9-27-16)15(25)26-8-13(23)21-11-4-2-3-10(7-11)17(18,19)20/h2-4,7,12H,5-6,8-9H2,1H3,(H,21,23)/t12-,16+/m0/s1. The summed E-state index contributed by atoms with van der Waals surface area (Å²) in [5, 5.41) is 2.26. The van der Waals surface area contributed by atoms with Gasteiger partial charge < -0.3 is 15.0 Å². The molecule has 1 aromatic rings. The van der Waals surface area contributed by atoms with Crippen LogP contribution in [0.3, 0.4) is 0 Å². The Morgan fingerprint density at radius 2 is 2.15 bits per heavy atom. The number of fused-ring (bicyclic) bond motifs is 1. The molecule has 0 aliphatic carbocycles. The first-order valence-corrected chi connectivity index (χ1v) is 9.18. The number of amides is 2. The van der Waals surface area contributed by atoms with Gasteiger partial charge in [-0.2, -0.15) is 13.2 Å². The number of nitrogens with zero attached hydrogens (tertiary/aromatic N) is 1. The van der Waals surface area contributed by atoms with Crippen LogP contribution >= 0.6 is 11.8 Å². The maximum atomic E-state index is 12.7. The molecular formula is C17H17F3N2O4S. The monoisotopic (exact) mass is 402 g/mol. The molecule has 2 heterocycles. The number of anilines is 1. The lowest BCUT2D eigenvalue weighted by atomic mass is 10.2. The lowest BCUT2D eigenvalue weighted by Crippen LogP contribution is -2.47. The van der Waals surface area contributed by atoms with Crippen LogP contribution in [0.15, 0.2) is 24.3 Å². The lowest BCUT2D eigenvalue weighted by Gasteiger charge is -2.29. The molecule has 2 atom stereocenters. The zero-order valence-electron chi connectivity index (χ0n) is 14.3. The smallest absolute Gasteiger partial charge is 0.416 e. The minimum atomic E-state index is -4.53. The van der Waals surface area contributed by atoms with Crippen molar-refractivity contribution in [1.29, 1.82) is 0 Å². The molecule has 1 aromatic carbocycles. The van der Waals surface area contributed by atoms with E-state index in [4.69, 9.17) is 4.74 Å². The Kier molecular flexibility index (Phi) is 5.11. The predicted octanol–water partition coefficient (Wildman–Crippen LogP) is 2.64. The van der Waals surface area contributed by atoms with Crippen LogP contribution in [0.1, 0.15) is 25.3 Å². The highest BCUT2D eigenvalue weighted by atomic mass is 32.2. The number of thioether (sulfide) groups is 1. The van der Waals surface area contributed by atoms with Gasteiger partial charge >= 0.3 is 12.1 Å². The number of hydrogen-bond donors (Lipinski definition) is 1. The van der Waals surface area contributed by atoms with E-state index < -0.39 is 41.1 Å². The number of carbonyl (C=O) groups excluding carboxylic acids is 3. The molecule has 0 unspecified atom stereocenters. The summed E-state index contributed by atoms with van der Waals surface area (Å²) < 4.78 is 43.0. The highest BCUT2D eigenvalue weighted by Crippen LogP contribution is 2.47. The second-order valence-corrected chi connectivity index (χ2v) is 8.00. The molecule has 0 aromatic heterocycles. The molecule has 0 spiro atoms. The third-order valence-electron chi connectivity index (χ3n) is 4.54. The molecule has 27 heavy (non-hydrogen) atoms. The largest absolute Gasteiger partial charge is 0.454 e. The molecule has 2 fully saturated rings. The lowest BCUT2D eigenvalue weighted by molar-refractivity contribution is -0.155. The van der Waals surface area contributed by atoms with Gasteiger partial charge in [-0.15, -0.1) is 11.8 Å². The second kappa shape index (κ2) is 7.06. The molecule has 0 radical (unpaired) electrons. The van der Waals surface area contributed by atoms with Gasteiger partial charge in [-0.25, -0.2) is 4.79 Å². The summed E-state index contributed by atoms with van der Waals surface area (Å²) in [5.41, 5.74) is -0.948. The first-order chi connectivity index (χ1) is 12.6. The number of esters is 1. The highest BCUT2D eigenvalue weighted by molar-refractivity contribution is 8.01. The third kappa shape index (κ3) is 4.05. The van der Waals surface area contributed by atoms with E-state index in [1.54, 1.807) is 0 Å². The third-order valence-corrected chi connectivity index (χ3v) is 6.04. The number of carbonyl (C=O) groups is 3. The maximum absolute atomic E-state index is 12.7. The molecule has 3 rings (SSSR count). The molecule has 2 aliphatic heterocycles. The van der Waals surface area contributed by atoms with Gasteiger partial charge in [-0.1, -0.05) is 6.07 Å². The van der Waals surface area contributed by atoms with E-state index >= 15 is 0 Å². The van der Waals surface area contributed by atoms with E-state index in [1.807, 2.05) is 6.92 Å². The van der Waals surface area contributed by atoms with E-state index in [1.165, 1.54) is 28.8 Å². The van der Waals surface area contributed by atoms with E-state index in [0.717, 1.165) is 12.1 Å². The van der Waals surface area contributed by atoms with Crippen molar-refractivity contribution in [2.45, 2.75) is 36.9 Å². The Balaban J connectivity index is 1.55. The van der Waals surface area contributed by atoms with Crippen LogP contribution in [-0.2, 0) is 25.3 Å². The topological polar surface area (TPSA) is 75.7 Å². The molecule has 6 nitrogen and oxygen atoms in total. The van der Waals surface area contributed by atoms with Crippen LogP contribution in [0.2, 0.25) is 0 Å². The molecule has 146 valence electrons. The van der Waals surface area contributed by atoms with Gasteiger partial charge in [0.15, 0.2) is 6.61 Å². The van der Waals surface area contributed by atoms with Gasteiger partial charge in [0.1, 0.15) is 6.04 Å². The summed E-state index contributed by atoms with van der Waals surface area (Å²) in [4.78, 5) is 37.2.